The molecule has 9 heteroatoms. The first-order valence-electron chi connectivity index (χ1n) is 12.8. The van der Waals surface area contributed by atoms with Gasteiger partial charge in [0.2, 0.25) is 5.89 Å². The van der Waals surface area contributed by atoms with Crippen LogP contribution in [0.4, 0.5) is 0 Å². The molecule has 1 aliphatic carbocycles. The Bertz CT molecular complexity index is 1430. The minimum Gasteiger partial charge on any atom is -0.417 e. The molecule has 3 aromatic heterocycles. The first kappa shape index (κ1) is 23.9. The molecule has 2 fully saturated rings. The smallest absolute Gasteiger partial charge is 0.266 e. The summed E-state index contributed by atoms with van der Waals surface area (Å²) in [5.74, 6) is 0.984. The monoisotopic (exact) mass is 514 g/mol. The van der Waals surface area contributed by atoms with Crippen molar-refractivity contribution in [2.75, 3.05) is 6.54 Å². The number of carbonyl (C=O) groups excluding carboxylic acids is 1. The Balaban J connectivity index is 1.30. The highest BCUT2D eigenvalue weighted by Gasteiger charge is 2.35. The maximum atomic E-state index is 13.8. The SMILES string of the molecule is Cc1csc([C@H]2CCCN2C(=O)c2cc(-c3nnc([C@](C)(N)Cc4ccccc4)o3)nc(C3CC3)c2)n1. The highest BCUT2D eigenvalue weighted by atomic mass is 32.1. The number of aryl methyl sites for hydroxylation is 1. The maximum absolute atomic E-state index is 13.8. The number of rotatable bonds is 7. The third kappa shape index (κ3) is 4.93. The number of nitrogens with two attached hydrogens (primary N) is 1. The molecule has 8 nitrogen and oxygen atoms in total. The van der Waals surface area contributed by atoms with Crippen molar-refractivity contribution < 1.29 is 9.21 Å². The van der Waals surface area contributed by atoms with E-state index in [0.717, 1.165) is 47.6 Å². The fourth-order valence-electron chi connectivity index (χ4n) is 4.98. The van der Waals surface area contributed by atoms with E-state index in [-0.39, 0.29) is 17.8 Å². The summed E-state index contributed by atoms with van der Waals surface area (Å²) in [4.78, 5) is 25.2. The van der Waals surface area contributed by atoms with Crippen molar-refractivity contribution in [1.29, 1.82) is 0 Å². The average Bonchev–Trinajstić information content (AvgIpc) is 3.25. The second kappa shape index (κ2) is 9.46. The van der Waals surface area contributed by atoms with Crippen molar-refractivity contribution in [3.05, 3.63) is 81.3 Å². The van der Waals surface area contributed by atoms with Gasteiger partial charge in [0, 0.05) is 34.8 Å². The third-order valence-electron chi connectivity index (χ3n) is 7.07. The van der Waals surface area contributed by atoms with Gasteiger partial charge in [-0.1, -0.05) is 30.3 Å². The number of pyridine rings is 1. The fourth-order valence-corrected chi connectivity index (χ4v) is 5.93. The molecule has 0 unspecified atom stereocenters. The summed E-state index contributed by atoms with van der Waals surface area (Å²) in [6.07, 6.45) is 4.59. The van der Waals surface area contributed by atoms with Crippen LogP contribution in [0.3, 0.4) is 0 Å². The van der Waals surface area contributed by atoms with Gasteiger partial charge in [-0.25, -0.2) is 9.97 Å². The van der Waals surface area contributed by atoms with Crippen LogP contribution in [0.5, 0.6) is 0 Å². The van der Waals surface area contributed by atoms with Crippen molar-refractivity contribution in [3.63, 3.8) is 0 Å². The third-order valence-corrected chi connectivity index (χ3v) is 8.13. The lowest BCUT2D eigenvalue weighted by molar-refractivity contribution is 0.0735. The number of amides is 1. The van der Waals surface area contributed by atoms with E-state index < -0.39 is 5.54 Å². The molecular formula is C28H30N6O2S. The van der Waals surface area contributed by atoms with Crippen LogP contribution in [0, 0.1) is 6.92 Å². The number of nitrogens with zero attached hydrogens (tertiary/aromatic N) is 5. The second-order valence-electron chi connectivity index (χ2n) is 10.4. The molecule has 1 saturated carbocycles. The number of carbonyl (C=O) groups is 1. The van der Waals surface area contributed by atoms with E-state index in [0.29, 0.717) is 36.0 Å². The van der Waals surface area contributed by atoms with Crippen LogP contribution in [0.15, 0.2) is 52.3 Å². The molecule has 0 spiro atoms. The predicted molar refractivity (Wildman–Crippen MR) is 141 cm³/mol. The van der Waals surface area contributed by atoms with Crippen LogP contribution >= 0.6 is 11.3 Å². The predicted octanol–water partition coefficient (Wildman–Crippen LogP) is 5.17. The molecule has 1 amide bonds. The van der Waals surface area contributed by atoms with Crippen LogP contribution in [-0.2, 0) is 12.0 Å². The van der Waals surface area contributed by atoms with Gasteiger partial charge in [-0.05, 0) is 63.6 Å². The standard InChI is InChI=1S/C28H30N6O2S/c1-17-16-37-25(30-17)23-9-6-12-34(23)26(35)20-13-21(19-10-11-19)31-22(14-20)24-32-33-27(36-24)28(2,29)15-18-7-4-3-5-8-18/h3-5,7-8,13-14,16,19,23H,6,9-12,15,29H2,1-2H3/t23-,28-/m1/s1. The lowest BCUT2D eigenvalue weighted by Gasteiger charge is -2.23. The van der Waals surface area contributed by atoms with E-state index in [1.165, 1.54) is 0 Å². The maximum Gasteiger partial charge on any atom is 0.266 e. The van der Waals surface area contributed by atoms with Gasteiger partial charge in [0.25, 0.3) is 11.8 Å². The molecular weight excluding hydrogens is 484 g/mol. The number of hydrogen-bond donors (Lipinski definition) is 1. The summed E-state index contributed by atoms with van der Waals surface area (Å²) in [6, 6.07) is 13.7. The zero-order valence-corrected chi connectivity index (χ0v) is 21.9. The Hall–Kier alpha value is -3.43. The summed E-state index contributed by atoms with van der Waals surface area (Å²) >= 11 is 1.62. The first-order chi connectivity index (χ1) is 17.9. The van der Waals surface area contributed by atoms with Crippen molar-refractivity contribution in [1.82, 2.24) is 25.1 Å². The molecule has 1 saturated heterocycles. The lowest BCUT2D eigenvalue weighted by Crippen LogP contribution is -2.35. The van der Waals surface area contributed by atoms with E-state index in [2.05, 4.69) is 15.2 Å². The minimum absolute atomic E-state index is 0.00613. The molecule has 37 heavy (non-hydrogen) atoms. The minimum atomic E-state index is -0.839. The number of likely N-dealkylation sites (tertiary alicyclic amines) is 1. The molecule has 6 rings (SSSR count). The van der Waals surface area contributed by atoms with Crippen LogP contribution in [0.2, 0.25) is 0 Å². The summed E-state index contributed by atoms with van der Waals surface area (Å²) in [5.41, 5.74) is 9.87. The molecule has 2 aliphatic rings. The van der Waals surface area contributed by atoms with Gasteiger partial charge in [0.15, 0.2) is 0 Å². The van der Waals surface area contributed by atoms with E-state index >= 15 is 0 Å². The van der Waals surface area contributed by atoms with Gasteiger partial charge in [0.05, 0.1) is 11.6 Å². The van der Waals surface area contributed by atoms with Gasteiger partial charge in [-0.15, -0.1) is 21.5 Å². The van der Waals surface area contributed by atoms with Gasteiger partial charge in [-0.2, -0.15) is 0 Å². The van der Waals surface area contributed by atoms with Crippen molar-refractivity contribution in [2.45, 2.75) is 63.5 Å². The van der Waals surface area contributed by atoms with Crippen LogP contribution < -0.4 is 5.73 Å². The molecule has 2 N–H and O–H groups in total. The second-order valence-corrected chi connectivity index (χ2v) is 11.3. The quantitative estimate of drug-likeness (QED) is 0.362. The highest BCUT2D eigenvalue weighted by molar-refractivity contribution is 7.09. The molecule has 4 aromatic rings. The number of aromatic nitrogens is 4. The van der Waals surface area contributed by atoms with E-state index in [1.807, 2.05) is 60.5 Å². The topological polar surface area (TPSA) is 111 Å². The van der Waals surface area contributed by atoms with Gasteiger partial charge in [0.1, 0.15) is 10.7 Å². The van der Waals surface area contributed by atoms with Crippen molar-refractivity contribution in [3.8, 4) is 11.6 Å². The molecule has 4 heterocycles. The summed E-state index contributed by atoms with van der Waals surface area (Å²) < 4.78 is 6.07. The first-order valence-corrected chi connectivity index (χ1v) is 13.7. The normalized spacial score (nSPS) is 19.2. The molecule has 2 atom stereocenters. The molecule has 1 aromatic carbocycles. The van der Waals surface area contributed by atoms with Gasteiger partial charge >= 0.3 is 0 Å². The Kier molecular flexibility index (Phi) is 6.12. The van der Waals surface area contributed by atoms with Crippen LogP contribution in [-0.4, -0.2) is 37.5 Å². The lowest BCUT2D eigenvalue weighted by atomic mass is 9.94. The fraction of sp³-hybridized carbons (Fsp3) is 0.393. The highest BCUT2D eigenvalue weighted by Crippen LogP contribution is 2.41. The Morgan fingerprint density at radius 2 is 1.97 bits per heavy atom. The van der Waals surface area contributed by atoms with E-state index in [1.54, 1.807) is 17.4 Å². The van der Waals surface area contributed by atoms with Crippen molar-refractivity contribution >= 4 is 17.2 Å². The Morgan fingerprint density at radius 1 is 1.16 bits per heavy atom. The number of benzene rings is 1. The zero-order valence-electron chi connectivity index (χ0n) is 21.1. The Morgan fingerprint density at radius 3 is 2.70 bits per heavy atom. The van der Waals surface area contributed by atoms with Gasteiger partial charge in [-0.3, -0.25) is 4.79 Å². The van der Waals surface area contributed by atoms with Crippen LogP contribution in [0.1, 0.15) is 82.8 Å². The van der Waals surface area contributed by atoms with Gasteiger partial charge < -0.3 is 15.1 Å². The molecule has 0 bridgehead atoms. The summed E-state index contributed by atoms with van der Waals surface area (Å²) in [5, 5.41) is 11.6. The largest absolute Gasteiger partial charge is 0.417 e. The molecule has 0 radical (unpaired) electrons. The molecule has 1 aliphatic heterocycles. The summed E-state index contributed by atoms with van der Waals surface area (Å²) in [7, 11) is 0. The summed E-state index contributed by atoms with van der Waals surface area (Å²) in [6.45, 7) is 4.59. The zero-order chi connectivity index (χ0) is 25.6. The Labute approximate surface area is 220 Å². The van der Waals surface area contributed by atoms with E-state index in [9.17, 15) is 4.79 Å². The van der Waals surface area contributed by atoms with E-state index in [4.69, 9.17) is 15.1 Å². The molecule has 190 valence electrons. The number of thiazole rings is 1. The average molecular weight is 515 g/mol. The van der Waals surface area contributed by atoms with Crippen LogP contribution in [0.25, 0.3) is 11.6 Å². The van der Waals surface area contributed by atoms with Crippen molar-refractivity contribution in [2.24, 2.45) is 5.73 Å². The number of hydrogen-bond acceptors (Lipinski definition) is 8.